The maximum Gasteiger partial charge on any atom is 0.264 e. The van der Waals surface area contributed by atoms with E-state index in [0.29, 0.717) is 29.9 Å². The maximum atomic E-state index is 13.4. The van der Waals surface area contributed by atoms with E-state index in [1.807, 2.05) is 12.1 Å². The number of nitrogens with zero attached hydrogens (tertiary/aromatic N) is 1. The molecular weight excluding hydrogens is 428 g/mol. The van der Waals surface area contributed by atoms with Gasteiger partial charge >= 0.3 is 0 Å². The van der Waals surface area contributed by atoms with Gasteiger partial charge in [0.2, 0.25) is 0 Å². The van der Waals surface area contributed by atoms with E-state index >= 15 is 0 Å². The van der Waals surface area contributed by atoms with Crippen molar-refractivity contribution in [1.29, 1.82) is 0 Å². The molecule has 3 aromatic rings. The first-order chi connectivity index (χ1) is 15.3. The van der Waals surface area contributed by atoms with Gasteiger partial charge in [-0.2, -0.15) is 0 Å². The van der Waals surface area contributed by atoms with Gasteiger partial charge in [-0.3, -0.25) is 13.9 Å². The molecule has 0 saturated heterocycles. The van der Waals surface area contributed by atoms with Gasteiger partial charge in [-0.15, -0.1) is 0 Å². The Bertz CT molecular complexity index is 1320. The van der Waals surface area contributed by atoms with Crippen LogP contribution in [0.1, 0.15) is 33.2 Å². The van der Waals surface area contributed by atoms with E-state index in [4.69, 9.17) is 4.74 Å². The zero-order chi connectivity index (χ0) is 22.9. The molecule has 7 nitrogen and oxygen atoms in total. The third-order valence-electron chi connectivity index (χ3n) is 5.38. The molecule has 4 rings (SSSR count). The van der Waals surface area contributed by atoms with Crippen molar-refractivity contribution in [2.24, 2.45) is 0 Å². The van der Waals surface area contributed by atoms with Crippen LogP contribution in [-0.4, -0.2) is 33.8 Å². The summed E-state index contributed by atoms with van der Waals surface area (Å²) < 4.78 is 33.4. The van der Waals surface area contributed by atoms with Crippen LogP contribution in [0.25, 0.3) is 0 Å². The molecule has 32 heavy (non-hydrogen) atoms. The number of carbonyl (C=O) groups excluding carboxylic acids is 2. The van der Waals surface area contributed by atoms with Gasteiger partial charge in [-0.25, -0.2) is 8.42 Å². The van der Waals surface area contributed by atoms with Crippen molar-refractivity contribution in [1.82, 2.24) is 0 Å². The number of carbonyl (C=O) groups is 2. The van der Waals surface area contributed by atoms with Crippen molar-refractivity contribution in [3.8, 4) is 5.75 Å². The highest BCUT2D eigenvalue weighted by atomic mass is 32.2. The zero-order valence-corrected chi connectivity index (χ0v) is 18.5. The molecule has 8 heteroatoms. The third-order valence-corrected chi connectivity index (χ3v) is 7.18. The Morgan fingerprint density at radius 1 is 1.00 bits per heavy atom. The first-order valence-corrected chi connectivity index (χ1v) is 11.5. The Kier molecular flexibility index (Phi) is 5.71. The van der Waals surface area contributed by atoms with Gasteiger partial charge in [-0.05, 0) is 55.3 Å². The fourth-order valence-corrected chi connectivity index (χ4v) is 5.25. The minimum Gasteiger partial charge on any atom is -0.496 e. The summed E-state index contributed by atoms with van der Waals surface area (Å²) in [4.78, 5) is 24.6. The average molecular weight is 451 g/mol. The van der Waals surface area contributed by atoms with Crippen LogP contribution in [0.2, 0.25) is 0 Å². The van der Waals surface area contributed by atoms with Crippen molar-refractivity contribution in [2.75, 3.05) is 23.3 Å². The maximum absolute atomic E-state index is 13.4. The Balaban J connectivity index is 1.68. The average Bonchev–Trinajstić information content (AvgIpc) is 3.24. The molecule has 0 atom stereocenters. The molecule has 1 amide bonds. The SMILES string of the molecule is COc1ccc(S(=O)(=O)N2CCc3ccccc32)cc1C(=O)Nc1cccc(C(C)=O)c1. The fraction of sp³-hybridized carbons (Fsp3) is 0.167. The number of sulfonamides is 1. The van der Waals surface area contributed by atoms with E-state index in [0.717, 1.165) is 5.56 Å². The van der Waals surface area contributed by atoms with Gasteiger partial charge in [0.05, 0.1) is 23.3 Å². The summed E-state index contributed by atoms with van der Waals surface area (Å²) in [6, 6.07) is 18.1. The number of amides is 1. The van der Waals surface area contributed by atoms with Crippen LogP contribution >= 0.6 is 0 Å². The molecule has 0 aromatic heterocycles. The van der Waals surface area contributed by atoms with Gasteiger partial charge in [0.25, 0.3) is 15.9 Å². The molecule has 1 aliphatic rings. The number of fused-ring (bicyclic) bond motifs is 1. The van der Waals surface area contributed by atoms with E-state index in [9.17, 15) is 18.0 Å². The number of ether oxygens (including phenoxy) is 1. The number of para-hydroxylation sites is 1. The van der Waals surface area contributed by atoms with Gasteiger partial charge in [0.15, 0.2) is 5.78 Å². The van der Waals surface area contributed by atoms with E-state index in [1.54, 1.807) is 36.4 Å². The molecule has 0 bridgehead atoms. The Hall–Kier alpha value is -3.65. The predicted molar refractivity (Wildman–Crippen MR) is 122 cm³/mol. The predicted octanol–water partition coefficient (Wildman–Crippen LogP) is 3.90. The van der Waals surface area contributed by atoms with Gasteiger partial charge in [0.1, 0.15) is 5.75 Å². The van der Waals surface area contributed by atoms with Crippen molar-refractivity contribution in [2.45, 2.75) is 18.2 Å². The fourth-order valence-electron chi connectivity index (χ4n) is 3.72. The highest BCUT2D eigenvalue weighted by Gasteiger charge is 2.31. The number of anilines is 2. The van der Waals surface area contributed by atoms with Crippen LogP contribution in [0, 0.1) is 0 Å². The summed E-state index contributed by atoms with van der Waals surface area (Å²) in [7, 11) is -2.46. The monoisotopic (exact) mass is 450 g/mol. The number of Topliss-reactive ketones (excluding diaryl/α,β-unsaturated/α-hetero) is 1. The van der Waals surface area contributed by atoms with Gasteiger partial charge < -0.3 is 10.1 Å². The number of methoxy groups -OCH3 is 1. The number of benzene rings is 3. The number of hydrogen-bond acceptors (Lipinski definition) is 5. The summed E-state index contributed by atoms with van der Waals surface area (Å²) in [5.74, 6) is -0.426. The minimum atomic E-state index is -3.87. The topological polar surface area (TPSA) is 92.8 Å². The number of ketones is 1. The lowest BCUT2D eigenvalue weighted by atomic mass is 10.1. The van der Waals surface area contributed by atoms with E-state index < -0.39 is 15.9 Å². The summed E-state index contributed by atoms with van der Waals surface area (Å²) in [5.41, 5.74) is 2.57. The highest BCUT2D eigenvalue weighted by molar-refractivity contribution is 7.92. The van der Waals surface area contributed by atoms with Crippen molar-refractivity contribution in [3.05, 3.63) is 83.4 Å². The van der Waals surface area contributed by atoms with E-state index in [-0.39, 0.29) is 22.0 Å². The quantitative estimate of drug-likeness (QED) is 0.575. The summed E-state index contributed by atoms with van der Waals surface area (Å²) in [5, 5.41) is 2.71. The molecule has 0 fully saturated rings. The number of nitrogens with one attached hydrogen (secondary N) is 1. The van der Waals surface area contributed by atoms with Crippen molar-refractivity contribution >= 4 is 33.1 Å². The van der Waals surface area contributed by atoms with E-state index in [1.165, 1.54) is 36.5 Å². The third kappa shape index (κ3) is 3.97. The van der Waals surface area contributed by atoms with Crippen LogP contribution in [-0.2, 0) is 16.4 Å². The zero-order valence-electron chi connectivity index (χ0n) is 17.7. The second-order valence-electron chi connectivity index (χ2n) is 7.41. The smallest absolute Gasteiger partial charge is 0.264 e. The minimum absolute atomic E-state index is 0.00219. The second-order valence-corrected chi connectivity index (χ2v) is 9.27. The first kappa shape index (κ1) is 21.6. The largest absolute Gasteiger partial charge is 0.496 e. The molecule has 164 valence electrons. The molecule has 1 N–H and O–H groups in total. The van der Waals surface area contributed by atoms with Gasteiger partial charge in [-0.1, -0.05) is 30.3 Å². The van der Waals surface area contributed by atoms with Gasteiger partial charge in [0, 0.05) is 17.8 Å². The first-order valence-electron chi connectivity index (χ1n) is 10.0. The van der Waals surface area contributed by atoms with E-state index in [2.05, 4.69) is 5.32 Å². The molecule has 1 heterocycles. The lowest BCUT2D eigenvalue weighted by Gasteiger charge is -2.20. The van der Waals surface area contributed by atoms with Crippen LogP contribution in [0.4, 0.5) is 11.4 Å². The lowest BCUT2D eigenvalue weighted by molar-refractivity contribution is 0.101. The number of rotatable bonds is 6. The molecular formula is C24H22N2O5S. The normalized spacial score (nSPS) is 12.9. The molecule has 0 unspecified atom stereocenters. The Labute approximate surface area is 186 Å². The van der Waals surface area contributed by atoms with Crippen LogP contribution in [0.5, 0.6) is 5.75 Å². The molecule has 3 aromatic carbocycles. The van der Waals surface area contributed by atoms with Crippen molar-refractivity contribution in [3.63, 3.8) is 0 Å². The van der Waals surface area contributed by atoms with Crippen molar-refractivity contribution < 1.29 is 22.7 Å². The molecule has 0 saturated carbocycles. The summed E-state index contributed by atoms with van der Waals surface area (Å²) in [6.45, 7) is 1.78. The highest BCUT2D eigenvalue weighted by Crippen LogP contribution is 2.34. The Morgan fingerprint density at radius 3 is 2.53 bits per heavy atom. The standard InChI is InChI=1S/C24H22N2O5S/c1-16(27)18-7-5-8-19(14-18)25-24(28)21-15-20(10-11-23(21)31-2)32(29,30)26-13-12-17-6-3-4-9-22(17)26/h3-11,14-15H,12-13H2,1-2H3,(H,25,28). The summed E-state index contributed by atoms with van der Waals surface area (Å²) >= 11 is 0. The summed E-state index contributed by atoms with van der Waals surface area (Å²) in [6.07, 6.45) is 0.630. The second kappa shape index (κ2) is 8.47. The molecule has 1 aliphatic heterocycles. The van der Waals surface area contributed by atoms with Crippen LogP contribution < -0.4 is 14.4 Å². The molecule has 0 aliphatic carbocycles. The van der Waals surface area contributed by atoms with Crippen LogP contribution in [0.3, 0.4) is 0 Å². The van der Waals surface area contributed by atoms with Crippen LogP contribution in [0.15, 0.2) is 71.6 Å². The lowest BCUT2D eigenvalue weighted by Crippen LogP contribution is -2.29. The molecule has 0 radical (unpaired) electrons. The Morgan fingerprint density at radius 2 is 1.78 bits per heavy atom. The number of hydrogen-bond donors (Lipinski definition) is 1. The molecule has 0 spiro atoms.